The van der Waals surface area contributed by atoms with Gasteiger partial charge in [-0.1, -0.05) is 6.92 Å². The zero-order chi connectivity index (χ0) is 19.9. The van der Waals surface area contributed by atoms with Gasteiger partial charge in [0.1, 0.15) is 11.3 Å². The fourth-order valence-electron chi connectivity index (χ4n) is 3.71. The third kappa shape index (κ3) is 3.14. The molecule has 0 N–H and O–H groups in total. The first-order chi connectivity index (χ1) is 13.4. The van der Waals surface area contributed by atoms with Gasteiger partial charge in [0.05, 0.1) is 12.5 Å². The smallest absolute Gasteiger partial charge is 0.433 e. The minimum Gasteiger partial charge on any atom is -0.463 e. The number of carbonyl (C=O) groups excluding carboxylic acids is 1. The third-order valence-corrected chi connectivity index (χ3v) is 5.13. The molecule has 1 atom stereocenters. The van der Waals surface area contributed by atoms with Gasteiger partial charge in [0.2, 0.25) is 0 Å². The van der Waals surface area contributed by atoms with Crippen LogP contribution < -0.4 is 0 Å². The molecule has 0 bridgehead atoms. The van der Waals surface area contributed by atoms with Crippen molar-refractivity contribution in [1.82, 2.24) is 19.5 Å². The quantitative estimate of drug-likeness (QED) is 0.662. The SMILES string of the molecule is CC[C@@H]1CCCCN1C(=O)c1cnn2c(C(F)(F)F)cc(-c3ccco3)nc12. The highest BCUT2D eigenvalue weighted by Crippen LogP contribution is 2.33. The lowest BCUT2D eigenvalue weighted by Crippen LogP contribution is -2.43. The average molecular weight is 392 g/mol. The van der Waals surface area contributed by atoms with Crippen LogP contribution in [0.25, 0.3) is 17.1 Å². The van der Waals surface area contributed by atoms with Crippen LogP contribution in [0.3, 0.4) is 0 Å². The molecule has 0 spiro atoms. The Balaban J connectivity index is 1.86. The van der Waals surface area contributed by atoms with Crippen LogP contribution in [0.15, 0.2) is 35.1 Å². The van der Waals surface area contributed by atoms with Gasteiger partial charge < -0.3 is 9.32 Å². The monoisotopic (exact) mass is 392 g/mol. The van der Waals surface area contributed by atoms with Crippen molar-refractivity contribution in [3.63, 3.8) is 0 Å². The molecule has 6 nitrogen and oxygen atoms in total. The van der Waals surface area contributed by atoms with E-state index in [0.717, 1.165) is 31.7 Å². The largest absolute Gasteiger partial charge is 0.463 e. The normalized spacial score (nSPS) is 18.0. The Morgan fingerprint density at radius 3 is 2.86 bits per heavy atom. The lowest BCUT2D eigenvalue weighted by atomic mass is 9.99. The van der Waals surface area contributed by atoms with Crippen LogP contribution in [-0.2, 0) is 6.18 Å². The van der Waals surface area contributed by atoms with Crippen LogP contribution in [0.2, 0.25) is 0 Å². The lowest BCUT2D eigenvalue weighted by molar-refractivity contribution is -0.142. The second-order valence-corrected chi connectivity index (χ2v) is 6.85. The maximum absolute atomic E-state index is 13.6. The Bertz CT molecular complexity index is 995. The Morgan fingerprint density at radius 2 is 2.18 bits per heavy atom. The van der Waals surface area contributed by atoms with Crippen LogP contribution >= 0.6 is 0 Å². The van der Waals surface area contributed by atoms with E-state index in [9.17, 15) is 18.0 Å². The molecule has 1 fully saturated rings. The summed E-state index contributed by atoms with van der Waals surface area (Å²) in [6.07, 6.45) is 1.47. The number of carbonyl (C=O) groups is 1. The lowest BCUT2D eigenvalue weighted by Gasteiger charge is -2.35. The van der Waals surface area contributed by atoms with Crippen LogP contribution in [-0.4, -0.2) is 38.0 Å². The van der Waals surface area contributed by atoms with Gasteiger partial charge in [0.15, 0.2) is 17.1 Å². The number of aromatic nitrogens is 3. The van der Waals surface area contributed by atoms with Crippen molar-refractivity contribution in [3.8, 4) is 11.5 Å². The van der Waals surface area contributed by atoms with E-state index < -0.39 is 11.9 Å². The summed E-state index contributed by atoms with van der Waals surface area (Å²) in [6.45, 7) is 2.58. The predicted octanol–water partition coefficient (Wildman–Crippen LogP) is 4.41. The molecule has 3 aromatic heterocycles. The molecule has 4 heterocycles. The molecule has 1 aliphatic rings. The van der Waals surface area contributed by atoms with Gasteiger partial charge in [-0.25, -0.2) is 9.50 Å². The van der Waals surface area contributed by atoms with Crippen molar-refractivity contribution in [2.75, 3.05) is 6.54 Å². The number of alkyl halides is 3. The first-order valence-corrected chi connectivity index (χ1v) is 9.21. The predicted molar refractivity (Wildman–Crippen MR) is 94.7 cm³/mol. The van der Waals surface area contributed by atoms with Crippen molar-refractivity contribution < 1.29 is 22.4 Å². The van der Waals surface area contributed by atoms with Crippen molar-refractivity contribution >= 4 is 11.6 Å². The Morgan fingerprint density at radius 1 is 1.36 bits per heavy atom. The molecule has 9 heteroatoms. The summed E-state index contributed by atoms with van der Waals surface area (Å²) < 4.78 is 46.7. The van der Waals surface area contributed by atoms with Crippen LogP contribution in [0, 0.1) is 0 Å². The first-order valence-electron chi connectivity index (χ1n) is 9.21. The van der Waals surface area contributed by atoms with E-state index in [-0.39, 0.29) is 34.6 Å². The highest BCUT2D eigenvalue weighted by molar-refractivity contribution is 6.00. The van der Waals surface area contributed by atoms with Crippen molar-refractivity contribution in [3.05, 3.63) is 41.9 Å². The molecule has 0 radical (unpaired) electrons. The minimum absolute atomic E-state index is 0.00469. The van der Waals surface area contributed by atoms with E-state index in [1.54, 1.807) is 11.0 Å². The molecular weight excluding hydrogens is 373 g/mol. The maximum atomic E-state index is 13.6. The fraction of sp³-hybridized carbons (Fsp3) is 0.421. The number of amides is 1. The van der Waals surface area contributed by atoms with Gasteiger partial charge in [0.25, 0.3) is 5.91 Å². The molecule has 0 aliphatic carbocycles. The van der Waals surface area contributed by atoms with Crippen LogP contribution in [0.4, 0.5) is 13.2 Å². The summed E-state index contributed by atoms with van der Waals surface area (Å²) in [5.74, 6) is -0.143. The van der Waals surface area contributed by atoms with Crippen molar-refractivity contribution in [1.29, 1.82) is 0 Å². The molecule has 148 valence electrons. The van der Waals surface area contributed by atoms with Gasteiger partial charge in [-0.3, -0.25) is 4.79 Å². The third-order valence-electron chi connectivity index (χ3n) is 5.13. The Kier molecular flexibility index (Phi) is 4.60. The van der Waals surface area contributed by atoms with Crippen molar-refractivity contribution in [2.45, 2.75) is 44.8 Å². The average Bonchev–Trinajstić information content (AvgIpc) is 3.35. The summed E-state index contributed by atoms with van der Waals surface area (Å²) in [5, 5.41) is 3.83. The number of likely N-dealkylation sites (tertiary alicyclic amines) is 1. The molecule has 0 unspecified atom stereocenters. The summed E-state index contributed by atoms with van der Waals surface area (Å²) in [7, 11) is 0. The molecule has 3 aromatic rings. The summed E-state index contributed by atoms with van der Waals surface area (Å²) in [5.41, 5.74) is -1.05. The molecule has 1 saturated heterocycles. The van der Waals surface area contributed by atoms with Crippen LogP contribution in [0.5, 0.6) is 0 Å². The zero-order valence-corrected chi connectivity index (χ0v) is 15.2. The Labute approximate surface area is 159 Å². The second-order valence-electron chi connectivity index (χ2n) is 6.85. The van der Waals surface area contributed by atoms with Gasteiger partial charge in [0, 0.05) is 12.6 Å². The van der Waals surface area contributed by atoms with E-state index in [1.165, 1.54) is 18.5 Å². The van der Waals surface area contributed by atoms with E-state index in [0.29, 0.717) is 11.1 Å². The highest BCUT2D eigenvalue weighted by Gasteiger charge is 2.37. The van der Waals surface area contributed by atoms with E-state index >= 15 is 0 Å². The molecule has 4 rings (SSSR count). The summed E-state index contributed by atoms with van der Waals surface area (Å²) >= 11 is 0. The highest BCUT2D eigenvalue weighted by atomic mass is 19.4. The molecule has 28 heavy (non-hydrogen) atoms. The molecule has 0 saturated carbocycles. The number of rotatable bonds is 3. The number of halogens is 3. The number of fused-ring (bicyclic) bond motifs is 1. The van der Waals surface area contributed by atoms with E-state index in [2.05, 4.69) is 10.1 Å². The van der Waals surface area contributed by atoms with E-state index in [4.69, 9.17) is 4.42 Å². The number of hydrogen-bond donors (Lipinski definition) is 0. The van der Waals surface area contributed by atoms with Gasteiger partial charge >= 0.3 is 6.18 Å². The number of furan rings is 1. The first kappa shape index (κ1) is 18.5. The standard InChI is InChI=1S/C19H19F3N4O2/c1-2-12-6-3-4-8-25(12)18(27)13-11-23-26-16(19(20,21)22)10-14(24-17(13)26)15-7-5-9-28-15/h5,7,9-12H,2-4,6,8H2,1H3/t12-/m1/s1. The number of piperidine rings is 1. The van der Waals surface area contributed by atoms with E-state index in [1.807, 2.05) is 6.92 Å². The van der Waals surface area contributed by atoms with Gasteiger partial charge in [-0.15, -0.1) is 0 Å². The molecule has 1 amide bonds. The Hall–Kier alpha value is -2.84. The number of hydrogen-bond acceptors (Lipinski definition) is 4. The topological polar surface area (TPSA) is 63.6 Å². The molecular formula is C19H19F3N4O2. The summed E-state index contributed by atoms with van der Waals surface area (Å²) in [4.78, 5) is 19.1. The second kappa shape index (κ2) is 6.96. The minimum atomic E-state index is -4.66. The van der Waals surface area contributed by atoms with Crippen LogP contribution in [0.1, 0.15) is 48.7 Å². The number of nitrogens with zero attached hydrogens (tertiary/aromatic N) is 4. The summed E-state index contributed by atoms with van der Waals surface area (Å²) in [6, 6.07) is 4.04. The zero-order valence-electron chi connectivity index (χ0n) is 15.2. The fourth-order valence-corrected chi connectivity index (χ4v) is 3.71. The van der Waals surface area contributed by atoms with Gasteiger partial charge in [-0.2, -0.15) is 18.3 Å². The maximum Gasteiger partial charge on any atom is 0.433 e. The van der Waals surface area contributed by atoms with Crippen molar-refractivity contribution in [2.24, 2.45) is 0 Å². The molecule has 1 aliphatic heterocycles. The molecule has 0 aromatic carbocycles. The van der Waals surface area contributed by atoms with Gasteiger partial charge in [-0.05, 0) is 43.9 Å².